The second-order valence-corrected chi connectivity index (χ2v) is 6.75. The van der Waals surface area contributed by atoms with Gasteiger partial charge in [0, 0.05) is 11.8 Å². The van der Waals surface area contributed by atoms with Gasteiger partial charge in [-0.25, -0.2) is 9.97 Å². The first-order valence-corrected chi connectivity index (χ1v) is 9.02. The van der Waals surface area contributed by atoms with Gasteiger partial charge < -0.3 is 5.32 Å². The molecule has 2 aromatic heterocycles. The van der Waals surface area contributed by atoms with Crippen molar-refractivity contribution >= 4 is 44.2 Å². The fourth-order valence-electron chi connectivity index (χ4n) is 2.59. The van der Waals surface area contributed by atoms with Crippen molar-refractivity contribution in [3.8, 4) is 0 Å². The van der Waals surface area contributed by atoms with Crippen LogP contribution in [0.5, 0.6) is 0 Å². The van der Waals surface area contributed by atoms with Crippen LogP contribution in [0.1, 0.15) is 44.5 Å². The number of pyridine rings is 1. The zero-order chi connectivity index (χ0) is 16.2. The van der Waals surface area contributed by atoms with Crippen LogP contribution >= 0.6 is 11.3 Å². The number of nitrogens with zero attached hydrogens (tertiary/aromatic N) is 2. The summed E-state index contributed by atoms with van der Waals surface area (Å²) in [5.41, 5.74) is 1.72. The fourth-order valence-corrected chi connectivity index (χ4v) is 3.73. The molecule has 1 N–H and O–H groups in total. The summed E-state index contributed by atoms with van der Waals surface area (Å²) in [5.74, 6) is 0.593. The van der Waals surface area contributed by atoms with Gasteiger partial charge in [0.2, 0.25) is 5.91 Å². The Morgan fingerprint density at radius 2 is 2.00 bits per heavy atom. The summed E-state index contributed by atoms with van der Waals surface area (Å²) >= 11 is 1.72. The molecule has 1 aromatic carbocycles. The molecule has 5 heteroatoms. The van der Waals surface area contributed by atoms with E-state index in [2.05, 4.69) is 23.3 Å². The molecule has 3 aromatic rings. The smallest absolute Gasteiger partial charge is 0.225 e. The van der Waals surface area contributed by atoms with Gasteiger partial charge in [-0.3, -0.25) is 4.79 Å². The Morgan fingerprint density at radius 1 is 1.17 bits per heavy atom. The largest absolute Gasteiger partial charge is 0.309 e. The number of amides is 1. The zero-order valence-electron chi connectivity index (χ0n) is 13.6. The number of unbranched alkanes of at least 4 members (excludes halogenated alkanes) is 1. The van der Waals surface area contributed by atoms with E-state index >= 15 is 0 Å². The molecule has 0 atom stereocenters. The van der Waals surface area contributed by atoms with E-state index in [1.807, 2.05) is 25.1 Å². The Hall–Kier alpha value is -2.01. The van der Waals surface area contributed by atoms with E-state index in [-0.39, 0.29) is 5.91 Å². The number of rotatable bonds is 6. The second-order valence-electron chi connectivity index (χ2n) is 5.66. The lowest BCUT2D eigenvalue weighted by atomic mass is 10.2. The standard InChI is InChI=1S/C18H21N3OS/c1-3-5-11-15-21-16-17(23-15)12-9-6-7-10-13(12)19-18(16)20-14(22)8-4-2/h6-7,9-10H,3-5,8,11H2,1-2H3,(H,19,20,22). The SMILES string of the molecule is CCCCc1nc2c(NC(=O)CCC)nc3ccccc3c2s1. The highest BCUT2D eigenvalue weighted by Crippen LogP contribution is 2.34. The minimum absolute atomic E-state index is 0.000288. The minimum Gasteiger partial charge on any atom is -0.309 e. The van der Waals surface area contributed by atoms with Gasteiger partial charge in [-0.15, -0.1) is 11.3 Å². The Labute approximate surface area is 140 Å². The van der Waals surface area contributed by atoms with Gasteiger partial charge in [-0.1, -0.05) is 38.5 Å². The van der Waals surface area contributed by atoms with Crippen LogP contribution in [-0.2, 0) is 11.2 Å². The molecule has 0 saturated heterocycles. The molecule has 3 rings (SSSR count). The zero-order valence-corrected chi connectivity index (χ0v) is 14.4. The van der Waals surface area contributed by atoms with Gasteiger partial charge in [0.05, 0.1) is 15.2 Å². The molecule has 0 bridgehead atoms. The molecule has 0 spiro atoms. The predicted molar refractivity (Wildman–Crippen MR) is 97.1 cm³/mol. The van der Waals surface area contributed by atoms with Crippen LogP contribution in [0.2, 0.25) is 0 Å². The van der Waals surface area contributed by atoms with Crippen molar-refractivity contribution < 1.29 is 4.79 Å². The van der Waals surface area contributed by atoms with E-state index in [0.29, 0.717) is 12.2 Å². The first-order valence-electron chi connectivity index (χ1n) is 8.21. The maximum Gasteiger partial charge on any atom is 0.225 e. The maximum atomic E-state index is 12.0. The number of hydrogen-bond donors (Lipinski definition) is 1. The number of hydrogen-bond acceptors (Lipinski definition) is 4. The minimum atomic E-state index is -0.000288. The molecule has 1 amide bonds. The highest BCUT2D eigenvalue weighted by Gasteiger charge is 2.15. The lowest BCUT2D eigenvalue weighted by molar-refractivity contribution is -0.116. The van der Waals surface area contributed by atoms with Crippen molar-refractivity contribution in [2.24, 2.45) is 0 Å². The number of aryl methyl sites for hydroxylation is 1. The molecule has 0 aliphatic rings. The Balaban J connectivity index is 2.11. The van der Waals surface area contributed by atoms with Crippen LogP contribution in [0.25, 0.3) is 21.1 Å². The highest BCUT2D eigenvalue weighted by atomic mass is 32.1. The lowest BCUT2D eigenvalue weighted by Crippen LogP contribution is -2.12. The van der Waals surface area contributed by atoms with Crippen molar-refractivity contribution in [1.82, 2.24) is 9.97 Å². The van der Waals surface area contributed by atoms with E-state index in [1.54, 1.807) is 11.3 Å². The van der Waals surface area contributed by atoms with Crippen LogP contribution in [0.3, 0.4) is 0 Å². The number of anilines is 1. The van der Waals surface area contributed by atoms with Crippen LogP contribution < -0.4 is 5.32 Å². The van der Waals surface area contributed by atoms with Crippen LogP contribution in [0.4, 0.5) is 5.82 Å². The maximum absolute atomic E-state index is 12.0. The van der Waals surface area contributed by atoms with Crippen LogP contribution in [-0.4, -0.2) is 15.9 Å². The van der Waals surface area contributed by atoms with Crippen molar-refractivity contribution in [2.75, 3.05) is 5.32 Å². The molecular weight excluding hydrogens is 306 g/mol. The van der Waals surface area contributed by atoms with E-state index < -0.39 is 0 Å². The summed E-state index contributed by atoms with van der Waals surface area (Å²) in [6, 6.07) is 8.04. The third kappa shape index (κ3) is 3.34. The van der Waals surface area contributed by atoms with Gasteiger partial charge in [-0.2, -0.15) is 0 Å². The van der Waals surface area contributed by atoms with Gasteiger partial charge in [0.1, 0.15) is 5.52 Å². The summed E-state index contributed by atoms with van der Waals surface area (Å²) in [7, 11) is 0. The van der Waals surface area contributed by atoms with Gasteiger partial charge >= 0.3 is 0 Å². The predicted octanol–water partition coefficient (Wildman–Crippen LogP) is 4.93. The van der Waals surface area contributed by atoms with Crippen LogP contribution in [0, 0.1) is 0 Å². The number of aromatic nitrogens is 2. The van der Waals surface area contributed by atoms with Crippen molar-refractivity contribution in [3.05, 3.63) is 29.3 Å². The Morgan fingerprint density at radius 3 is 2.78 bits per heavy atom. The molecule has 0 aliphatic carbocycles. The molecule has 23 heavy (non-hydrogen) atoms. The van der Waals surface area contributed by atoms with Gasteiger partial charge in [0.25, 0.3) is 0 Å². The average Bonchev–Trinajstić information content (AvgIpc) is 2.98. The molecule has 0 radical (unpaired) electrons. The number of carbonyl (C=O) groups excluding carboxylic acids is 1. The van der Waals surface area contributed by atoms with Crippen molar-refractivity contribution in [3.63, 3.8) is 0 Å². The number of benzene rings is 1. The first kappa shape index (κ1) is 15.9. The topological polar surface area (TPSA) is 54.9 Å². The second kappa shape index (κ2) is 7.04. The average molecular weight is 327 g/mol. The van der Waals surface area contributed by atoms with Gasteiger partial charge in [0.15, 0.2) is 5.82 Å². The summed E-state index contributed by atoms with van der Waals surface area (Å²) in [4.78, 5) is 21.4. The quantitative estimate of drug-likeness (QED) is 0.698. The highest BCUT2D eigenvalue weighted by molar-refractivity contribution is 7.19. The first-order chi connectivity index (χ1) is 11.2. The van der Waals surface area contributed by atoms with Gasteiger partial charge in [-0.05, 0) is 25.3 Å². The number of carbonyl (C=O) groups is 1. The summed E-state index contributed by atoms with van der Waals surface area (Å²) in [6.45, 7) is 4.18. The number of thiazole rings is 1. The van der Waals surface area contributed by atoms with Crippen molar-refractivity contribution in [2.45, 2.75) is 46.0 Å². The number of nitrogens with one attached hydrogen (secondary N) is 1. The molecular formula is C18H21N3OS. The molecule has 4 nitrogen and oxygen atoms in total. The molecule has 0 saturated carbocycles. The lowest BCUT2D eigenvalue weighted by Gasteiger charge is -2.06. The Kier molecular flexibility index (Phi) is 4.86. The molecule has 2 heterocycles. The number of fused-ring (bicyclic) bond motifs is 3. The van der Waals surface area contributed by atoms with E-state index in [9.17, 15) is 4.79 Å². The summed E-state index contributed by atoms with van der Waals surface area (Å²) in [5, 5.41) is 5.17. The normalized spacial score (nSPS) is 11.2. The number of para-hydroxylation sites is 1. The molecule has 0 aliphatic heterocycles. The van der Waals surface area contributed by atoms with E-state index in [4.69, 9.17) is 4.98 Å². The molecule has 0 fully saturated rings. The monoisotopic (exact) mass is 327 g/mol. The molecule has 0 unspecified atom stereocenters. The third-order valence-electron chi connectivity index (χ3n) is 3.76. The third-order valence-corrected chi connectivity index (χ3v) is 4.90. The molecule has 120 valence electrons. The van der Waals surface area contributed by atoms with E-state index in [1.165, 1.54) is 0 Å². The Bertz CT molecular complexity index is 841. The van der Waals surface area contributed by atoms with Crippen molar-refractivity contribution in [1.29, 1.82) is 0 Å². The van der Waals surface area contributed by atoms with E-state index in [0.717, 1.165) is 51.8 Å². The summed E-state index contributed by atoms with van der Waals surface area (Å²) < 4.78 is 1.12. The fraction of sp³-hybridized carbons (Fsp3) is 0.389. The summed E-state index contributed by atoms with van der Waals surface area (Å²) in [6.07, 6.45) is 4.58. The van der Waals surface area contributed by atoms with Crippen LogP contribution in [0.15, 0.2) is 24.3 Å².